The Morgan fingerprint density at radius 1 is 1.07 bits per heavy atom. The SMILES string of the molecule is CCOC(=O)c1csc(NC(=O)c2cccc(Nc3nccs3)c2)c1C(=O)OCC. The Kier molecular flexibility index (Phi) is 7.15. The quantitative estimate of drug-likeness (QED) is 0.490. The summed E-state index contributed by atoms with van der Waals surface area (Å²) in [5, 5.41) is 10.1. The van der Waals surface area contributed by atoms with Gasteiger partial charge in [-0.15, -0.1) is 22.7 Å². The number of nitrogens with zero attached hydrogens (tertiary/aromatic N) is 1. The van der Waals surface area contributed by atoms with Crippen LogP contribution in [0, 0.1) is 0 Å². The number of carbonyl (C=O) groups excluding carboxylic acids is 3. The molecule has 30 heavy (non-hydrogen) atoms. The molecular formula is C20H19N3O5S2. The van der Waals surface area contributed by atoms with Crippen LogP contribution in [-0.4, -0.2) is 36.0 Å². The Labute approximate surface area is 180 Å². The molecule has 3 aromatic rings. The van der Waals surface area contributed by atoms with Crippen molar-refractivity contribution in [2.45, 2.75) is 13.8 Å². The van der Waals surface area contributed by atoms with Gasteiger partial charge in [-0.2, -0.15) is 0 Å². The Bertz CT molecular complexity index is 1050. The second-order valence-electron chi connectivity index (χ2n) is 5.79. The molecule has 0 fully saturated rings. The second-order valence-corrected chi connectivity index (χ2v) is 7.57. The van der Waals surface area contributed by atoms with Gasteiger partial charge in [0, 0.05) is 28.2 Å². The van der Waals surface area contributed by atoms with Crippen molar-refractivity contribution in [3.8, 4) is 0 Å². The molecule has 156 valence electrons. The molecular weight excluding hydrogens is 426 g/mol. The number of amides is 1. The van der Waals surface area contributed by atoms with Crippen molar-refractivity contribution in [2.75, 3.05) is 23.8 Å². The number of benzene rings is 1. The van der Waals surface area contributed by atoms with Gasteiger partial charge in [0.2, 0.25) is 0 Å². The molecule has 1 aromatic carbocycles. The molecule has 0 unspecified atom stereocenters. The number of aromatic nitrogens is 1. The first-order chi connectivity index (χ1) is 14.5. The van der Waals surface area contributed by atoms with Crippen LogP contribution in [0.4, 0.5) is 15.8 Å². The van der Waals surface area contributed by atoms with Crippen LogP contribution in [0.1, 0.15) is 44.9 Å². The molecule has 0 aliphatic rings. The largest absolute Gasteiger partial charge is 0.462 e. The number of anilines is 3. The van der Waals surface area contributed by atoms with Crippen molar-refractivity contribution < 1.29 is 23.9 Å². The average Bonchev–Trinajstić information content (AvgIpc) is 3.38. The molecule has 0 saturated carbocycles. The molecule has 2 aromatic heterocycles. The van der Waals surface area contributed by atoms with Gasteiger partial charge in [0.25, 0.3) is 5.91 Å². The number of hydrogen-bond donors (Lipinski definition) is 2. The molecule has 0 atom stereocenters. The molecule has 1 amide bonds. The van der Waals surface area contributed by atoms with E-state index >= 15 is 0 Å². The van der Waals surface area contributed by atoms with Crippen molar-refractivity contribution >= 4 is 56.3 Å². The van der Waals surface area contributed by atoms with E-state index in [0.29, 0.717) is 16.4 Å². The number of thiazole rings is 1. The standard InChI is InChI=1S/C20H19N3O5S2/c1-3-27-18(25)14-11-30-17(15(14)19(26)28-4-2)23-16(24)12-6-5-7-13(10-12)22-20-21-8-9-29-20/h5-11H,3-4H2,1-2H3,(H,21,22)(H,23,24). The first-order valence-electron chi connectivity index (χ1n) is 9.07. The lowest BCUT2D eigenvalue weighted by Crippen LogP contribution is -2.17. The second kappa shape index (κ2) is 9.99. The summed E-state index contributed by atoms with van der Waals surface area (Å²) >= 11 is 2.50. The third kappa shape index (κ3) is 5.02. The average molecular weight is 446 g/mol. The van der Waals surface area contributed by atoms with Gasteiger partial charge in [0.15, 0.2) is 5.13 Å². The minimum absolute atomic E-state index is 0.00860. The summed E-state index contributed by atoms with van der Waals surface area (Å²) in [7, 11) is 0. The number of hydrogen-bond acceptors (Lipinski definition) is 9. The maximum absolute atomic E-state index is 12.8. The van der Waals surface area contributed by atoms with E-state index in [1.54, 1.807) is 38.2 Å². The third-order valence-corrected chi connectivity index (χ3v) is 5.39. The van der Waals surface area contributed by atoms with E-state index in [4.69, 9.17) is 9.47 Å². The summed E-state index contributed by atoms with van der Waals surface area (Å²) in [6.45, 7) is 3.63. The smallest absolute Gasteiger partial charge is 0.342 e. The highest BCUT2D eigenvalue weighted by atomic mass is 32.1. The number of thiophene rings is 1. The highest BCUT2D eigenvalue weighted by Crippen LogP contribution is 2.30. The molecule has 2 heterocycles. The Hall–Kier alpha value is -3.24. The van der Waals surface area contributed by atoms with Gasteiger partial charge in [-0.1, -0.05) is 6.07 Å². The normalized spacial score (nSPS) is 10.3. The van der Waals surface area contributed by atoms with Crippen molar-refractivity contribution in [1.82, 2.24) is 4.98 Å². The minimum Gasteiger partial charge on any atom is -0.462 e. The molecule has 3 rings (SSSR count). The first kappa shape index (κ1) is 21.5. The zero-order valence-electron chi connectivity index (χ0n) is 16.3. The van der Waals surface area contributed by atoms with E-state index in [0.717, 1.165) is 11.3 Å². The predicted molar refractivity (Wildman–Crippen MR) is 116 cm³/mol. The predicted octanol–water partition coefficient (Wildman–Crippen LogP) is 4.55. The molecule has 0 radical (unpaired) electrons. The van der Waals surface area contributed by atoms with Crippen LogP contribution in [0.5, 0.6) is 0 Å². The van der Waals surface area contributed by atoms with Crippen LogP contribution in [0.2, 0.25) is 0 Å². The van der Waals surface area contributed by atoms with Crippen molar-refractivity contribution in [1.29, 1.82) is 0 Å². The Morgan fingerprint density at radius 2 is 1.83 bits per heavy atom. The van der Waals surface area contributed by atoms with E-state index in [9.17, 15) is 14.4 Å². The maximum atomic E-state index is 12.8. The van der Waals surface area contributed by atoms with E-state index in [1.807, 2.05) is 11.4 Å². The summed E-state index contributed by atoms with van der Waals surface area (Å²) in [4.78, 5) is 41.5. The summed E-state index contributed by atoms with van der Waals surface area (Å²) in [6.07, 6.45) is 1.68. The summed E-state index contributed by atoms with van der Waals surface area (Å²) in [6, 6.07) is 6.86. The van der Waals surface area contributed by atoms with Crippen molar-refractivity contribution in [2.24, 2.45) is 0 Å². The van der Waals surface area contributed by atoms with Crippen molar-refractivity contribution in [3.63, 3.8) is 0 Å². The fourth-order valence-electron chi connectivity index (χ4n) is 2.54. The third-order valence-electron chi connectivity index (χ3n) is 3.80. The zero-order valence-corrected chi connectivity index (χ0v) is 17.9. The highest BCUT2D eigenvalue weighted by molar-refractivity contribution is 7.15. The summed E-state index contributed by atoms with van der Waals surface area (Å²) in [5.41, 5.74) is 1.12. The van der Waals surface area contributed by atoms with Crippen LogP contribution in [0.15, 0.2) is 41.2 Å². The van der Waals surface area contributed by atoms with Crippen LogP contribution in [0.25, 0.3) is 0 Å². The lowest BCUT2D eigenvalue weighted by atomic mass is 10.1. The number of nitrogens with one attached hydrogen (secondary N) is 2. The summed E-state index contributed by atoms with van der Waals surface area (Å²) < 4.78 is 10.1. The highest BCUT2D eigenvalue weighted by Gasteiger charge is 2.26. The molecule has 0 aliphatic carbocycles. The van der Waals surface area contributed by atoms with Gasteiger partial charge in [0.1, 0.15) is 10.6 Å². The van der Waals surface area contributed by atoms with E-state index in [1.165, 1.54) is 16.7 Å². The van der Waals surface area contributed by atoms with Gasteiger partial charge in [-0.25, -0.2) is 14.6 Å². The van der Waals surface area contributed by atoms with Gasteiger partial charge < -0.3 is 20.1 Å². The summed E-state index contributed by atoms with van der Waals surface area (Å²) in [5.74, 6) is -1.77. The number of esters is 2. The number of rotatable bonds is 8. The molecule has 0 aliphatic heterocycles. The van der Waals surface area contributed by atoms with Gasteiger partial charge >= 0.3 is 11.9 Å². The van der Waals surface area contributed by atoms with Gasteiger partial charge in [-0.3, -0.25) is 4.79 Å². The topological polar surface area (TPSA) is 107 Å². The molecule has 0 saturated heterocycles. The van der Waals surface area contributed by atoms with Crippen LogP contribution >= 0.6 is 22.7 Å². The molecule has 2 N–H and O–H groups in total. The van der Waals surface area contributed by atoms with E-state index in [2.05, 4.69) is 15.6 Å². The Balaban J connectivity index is 1.84. The first-order valence-corrected chi connectivity index (χ1v) is 10.8. The van der Waals surface area contributed by atoms with Crippen LogP contribution in [-0.2, 0) is 9.47 Å². The molecule has 0 spiro atoms. The lowest BCUT2D eigenvalue weighted by Gasteiger charge is -2.09. The number of ether oxygens (including phenoxy) is 2. The molecule has 8 nitrogen and oxygen atoms in total. The molecule has 0 bridgehead atoms. The van der Waals surface area contributed by atoms with Gasteiger partial charge in [-0.05, 0) is 32.0 Å². The van der Waals surface area contributed by atoms with E-state index in [-0.39, 0.29) is 29.3 Å². The van der Waals surface area contributed by atoms with Gasteiger partial charge in [0.05, 0.1) is 18.8 Å². The zero-order chi connectivity index (χ0) is 21.5. The Morgan fingerprint density at radius 3 is 2.53 bits per heavy atom. The fourth-order valence-corrected chi connectivity index (χ4v) is 4.00. The fraction of sp³-hybridized carbons (Fsp3) is 0.200. The molecule has 10 heteroatoms. The number of carbonyl (C=O) groups is 3. The van der Waals surface area contributed by atoms with Crippen molar-refractivity contribution in [3.05, 3.63) is 57.9 Å². The van der Waals surface area contributed by atoms with Crippen LogP contribution < -0.4 is 10.6 Å². The minimum atomic E-state index is -0.698. The lowest BCUT2D eigenvalue weighted by molar-refractivity contribution is 0.0481. The van der Waals surface area contributed by atoms with Crippen LogP contribution in [0.3, 0.4) is 0 Å². The maximum Gasteiger partial charge on any atom is 0.342 e. The van der Waals surface area contributed by atoms with E-state index < -0.39 is 17.8 Å². The monoisotopic (exact) mass is 445 g/mol.